The number of pyridine rings is 1. The number of aromatic nitrogens is 1. The summed E-state index contributed by atoms with van der Waals surface area (Å²) in [5.74, 6) is 1.39. The SMILES string of the molecule is O=C(NCCc1ccc2c(c1)OCO2)c1cncc(Br)c1. The number of amides is 1. The highest BCUT2D eigenvalue weighted by Crippen LogP contribution is 2.32. The van der Waals surface area contributed by atoms with Gasteiger partial charge in [-0.3, -0.25) is 9.78 Å². The molecule has 1 aliphatic rings. The number of hydrogen-bond acceptors (Lipinski definition) is 4. The molecule has 5 nitrogen and oxygen atoms in total. The number of nitrogens with one attached hydrogen (secondary N) is 1. The van der Waals surface area contributed by atoms with E-state index in [4.69, 9.17) is 9.47 Å². The number of carbonyl (C=O) groups excluding carboxylic acids is 1. The summed E-state index contributed by atoms with van der Waals surface area (Å²) in [6.07, 6.45) is 3.91. The highest BCUT2D eigenvalue weighted by molar-refractivity contribution is 9.10. The van der Waals surface area contributed by atoms with Crippen LogP contribution in [-0.2, 0) is 6.42 Å². The number of benzene rings is 1. The Morgan fingerprint density at radius 2 is 2.10 bits per heavy atom. The molecular formula is C15H13BrN2O3. The van der Waals surface area contributed by atoms with Gasteiger partial charge >= 0.3 is 0 Å². The molecule has 0 unspecified atom stereocenters. The Morgan fingerprint density at radius 3 is 2.95 bits per heavy atom. The second-order valence-corrected chi connectivity index (χ2v) is 5.50. The van der Waals surface area contributed by atoms with E-state index in [9.17, 15) is 4.79 Å². The molecule has 0 atom stereocenters. The van der Waals surface area contributed by atoms with Crippen LogP contribution in [0.25, 0.3) is 0 Å². The van der Waals surface area contributed by atoms with Gasteiger partial charge in [0, 0.05) is 23.4 Å². The van der Waals surface area contributed by atoms with Gasteiger partial charge in [0.1, 0.15) is 0 Å². The second kappa shape index (κ2) is 6.13. The number of carbonyl (C=O) groups is 1. The fourth-order valence-electron chi connectivity index (χ4n) is 2.05. The van der Waals surface area contributed by atoms with Crippen LogP contribution in [0.1, 0.15) is 15.9 Å². The van der Waals surface area contributed by atoms with Crippen molar-refractivity contribution in [2.24, 2.45) is 0 Å². The molecule has 1 aromatic heterocycles. The van der Waals surface area contributed by atoms with Crippen molar-refractivity contribution in [1.82, 2.24) is 10.3 Å². The third-order valence-corrected chi connectivity index (χ3v) is 3.54. The van der Waals surface area contributed by atoms with E-state index in [0.717, 1.165) is 28.0 Å². The summed E-state index contributed by atoms with van der Waals surface area (Å²) in [4.78, 5) is 15.9. The lowest BCUT2D eigenvalue weighted by atomic mass is 10.1. The molecule has 0 saturated heterocycles. The molecule has 2 heterocycles. The normalized spacial score (nSPS) is 12.2. The summed E-state index contributed by atoms with van der Waals surface area (Å²) in [6.45, 7) is 0.816. The van der Waals surface area contributed by atoms with Crippen molar-refractivity contribution in [1.29, 1.82) is 0 Å². The van der Waals surface area contributed by atoms with E-state index >= 15 is 0 Å². The lowest BCUT2D eigenvalue weighted by Gasteiger charge is -2.06. The van der Waals surface area contributed by atoms with Gasteiger partial charge in [0.2, 0.25) is 6.79 Å². The van der Waals surface area contributed by atoms with Crippen molar-refractivity contribution in [3.8, 4) is 11.5 Å². The summed E-state index contributed by atoms with van der Waals surface area (Å²) in [7, 11) is 0. The predicted octanol–water partition coefficient (Wildman–Crippen LogP) is 2.55. The third kappa shape index (κ3) is 3.33. The van der Waals surface area contributed by atoms with Gasteiger partial charge in [0.25, 0.3) is 5.91 Å². The van der Waals surface area contributed by atoms with E-state index in [1.807, 2.05) is 18.2 Å². The van der Waals surface area contributed by atoms with Crippen LogP contribution in [0.5, 0.6) is 11.5 Å². The number of hydrogen-bond donors (Lipinski definition) is 1. The van der Waals surface area contributed by atoms with Gasteiger partial charge in [-0.05, 0) is 46.1 Å². The Bertz CT molecular complexity index is 676. The van der Waals surface area contributed by atoms with Crippen molar-refractivity contribution >= 4 is 21.8 Å². The molecule has 6 heteroatoms. The fourth-order valence-corrected chi connectivity index (χ4v) is 2.42. The van der Waals surface area contributed by atoms with E-state index in [1.54, 1.807) is 18.5 Å². The minimum atomic E-state index is -0.135. The molecule has 1 N–H and O–H groups in total. The number of rotatable bonds is 4. The molecule has 1 aliphatic heterocycles. The summed E-state index contributed by atoms with van der Waals surface area (Å²) in [6, 6.07) is 7.54. The second-order valence-electron chi connectivity index (χ2n) is 4.59. The van der Waals surface area contributed by atoms with Crippen LogP contribution in [0.2, 0.25) is 0 Å². The van der Waals surface area contributed by atoms with Crippen molar-refractivity contribution < 1.29 is 14.3 Å². The summed E-state index contributed by atoms with van der Waals surface area (Å²) in [5, 5.41) is 2.87. The number of fused-ring (bicyclic) bond motifs is 1. The maximum Gasteiger partial charge on any atom is 0.252 e. The molecule has 1 amide bonds. The predicted molar refractivity (Wildman–Crippen MR) is 80.5 cm³/mol. The molecule has 0 aliphatic carbocycles. The lowest BCUT2D eigenvalue weighted by molar-refractivity contribution is 0.0953. The molecule has 0 spiro atoms. The van der Waals surface area contributed by atoms with Gasteiger partial charge in [-0.2, -0.15) is 0 Å². The molecule has 21 heavy (non-hydrogen) atoms. The third-order valence-electron chi connectivity index (χ3n) is 3.10. The molecule has 0 bridgehead atoms. The maximum atomic E-state index is 12.0. The largest absolute Gasteiger partial charge is 0.454 e. The van der Waals surface area contributed by atoms with Gasteiger partial charge in [-0.25, -0.2) is 0 Å². The van der Waals surface area contributed by atoms with Crippen LogP contribution in [0.4, 0.5) is 0 Å². The summed E-state index contributed by atoms with van der Waals surface area (Å²) < 4.78 is 11.4. The standard InChI is InChI=1S/C15H13BrN2O3/c16-12-6-11(7-17-8-12)15(19)18-4-3-10-1-2-13-14(5-10)21-9-20-13/h1-2,5-8H,3-4,9H2,(H,18,19). The Kier molecular flexibility index (Phi) is 4.06. The Labute approximate surface area is 130 Å². The Morgan fingerprint density at radius 1 is 1.24 bits per heavy atom. The first-order valence-electron chi connectivity index (χ1n) is 6.49. The van der Waals surface area contributed by atoms with Crippen LogP contribution in [-0.4, -0.2) is 24.2 Å². The van der Waals surface area contributed by atoms with E-state index in [-0.39, 0.29) is 12.7 Å². The zero-order valence-electron chi connectivity index (χ0n) is 11.1. The number of ether oxygens (including phenoxy) is 2. The van der Waals surface area contributed by atoms with E-state index < -0.39 is 0 Å². The van der Waals surface area contributed by atoms with E-state index in [1.165, 1.54) is 0 Å². The van der Waals surface area contributed by atoms with E-state index in [2.05, 4.69) is 26.2 Å². The van der Waals surface area contributed by atoms with Gasteiger partial charge < -0.3 is 14.8 Å². The zero-order valence-corrected chi connectivity index (χ0v) is 12.7. The van der Waals surface area contributed by atoms with Crippen LogP contribution in [0, 0.1) is 0 Å². The highest BCUT2D eigenvalue weighted by atomic mass is 79.9. The van der Waals surface area contributed by atoms with Crippen LogP contribution in [0.15, 0.2) is 41.1 Å². The molecule has 0 saturated carbocycles. The van der Waals surface area contributed by atoms with Gasteiger partial charge in [0.15, 0.2) is 11.5 Å². The maximum absolute atomic E-state index is 12.0. The van der Waals surface area contributed by atoms with Gasteiger partial charge in [0.05, 0.1) is 5.56 Å². The lowest BCUT2D eigenvalue weighted by Crippen LogP contribution is -2.25. The fraction of sp³-hybridized carbons (Fsp3) is 0.200. The Balaban J connectivity index is 1.55. The monoisotopic (exact) mass is 348 g/mol. The van der Waals surface area contributed by atoms with E-state index in [0.29, 0.717) is 12.1 Å². The smallest absolute Gasteiger partial charge is 0.252 e. The molecule has 2 aromatic rings. The molecule has 1 aromatic carbocycles. The van der Waals surface area contributed by atoms with Gasteiger partial charge in [-0.15, -0.1) is 0 Å². The Hall–Kier alpha value is -2.08. The average Bonchev–Trinajstić information content (AvgIpc) is 2.94. The molecule has 0 radical (unpaired) electrons. The zero-order chi connectivity index (χ0) is 14.7. The van der Waals surface area contributed by atoms with Crippen molar-refractivity contribution in [2.75, 3.05) is 13.3 Å². The first kappa shape index (κ1) is 13.9. The highest BCUT2D eigenvalue weighted by Gasteiger charge is 2.13. The molecule has 0 fully saturated rings. The first-order chi connectivity index (χ1) is 10.2. The summed E-state index contributed by atoms with van der Waals surface area (Å²) in [5.41, 5.74) is 1.63. The quantitative estimate of drug-likeness (QED) is 0.922. The number of nitrogens with zero attached hydrogens (tertiary/aromatic N) is 1. The minimum Gasteiger partial charge on any atom is -0.454 e. The topological polar surface area (TPSA) is 60.5 Å². The van der Waals surface area contributed by atoms with Crippen LogP contribution >= 0.6 is 15.9 Å². The average molecular weight is 349 g/mol. The van der Waals surface area contributed by atoms with Crippen LogP contribution < -0.4 is 14.8 Å². The van der Waals surface area contributed by atoms with Crippen molar-refractivity contribution in [2.45, 2.75) is 6.42 Å². The van der Waals surface area contributed by atoms with Gasteiger partial charge in [-0.1, -0.05) is 6.07 Å². The van der Waals surface area contributed by atoms with Crippen LogP contribution in [0.3, 0.4) is 0 Å². The molecular weight excluding hydrogens is 336 g/mol. The number of halogens is 1. The molecule has 108 valence electrons. The first-order valence-corrected chi connectivity index (χ1v) is 7.29. The molecule has 3 rings (SSSR count). The van der Waals surface area contributed by atoms with Crippen molar-refractivity contribution in [3.63, 3.8) is 0 Å². The minimum absolute atomic E-state index is 0.135. The summed E-state index contributed by atoms with van der Waals surface area (Å²) >= 11 is 3.30. The van der Waals surface area contributed by atoms with Crippen molar-refractivity contribution in [3.05, 3.63) is 52.3 Å².